The largest absolute Gasteiger partial charge is 0.434 e. The molecule has 0 saturated carbocycles. The second-order valence-electron chi connectivity index (χ2n) is 7.16. The molecule has 2 heterocycles. The smallest absolute Gasteiger partial charge is 0.366 e. The Kier molecular flexibility index (Phi) is 5.16. The fraction of sp³-hybridized carbons (Fsp3) is 0.286. The Labute approximate surface area is 176 Å². The van der Waals surface area contributed by atoms with Crippen LogP contribution in [-0.2, 0) is 32.6 Å². The van der Waals surface area contributed by atoms with Crippen LogP contribution in [0.25, 0.3) is 11.4 Å². The van der Waals surface area contributed by atoms with Gasteiger partial charge in [0.2, 0.25) is 0 Å². The van der Waals surface area contributed by atoms with Crippen molar-refractivity contribution >= 4 is 17.4 Å². The van der Waals surface area contributed by atoms with Crippen LogP contribution in [0.15, 0.2) is 30.5 Å². The second kappa shape index (κ2) is 7.65. The first-order chi connectivity index (χ1) is 14.3. The quantitative estimate of drug-likeness (QED) is 0.582. The van der Waals surface area contributed by atoms with E-state index in [0.717, 1.165) is 42.1 Å². The molecule has 5 nitrogen and oxygen atoms in total. The minimum Gasteiger partial charge on any atom is -0.366 e. The molecule has 0 amide bonds. The molecule has 0 bridgehead atoms. The van der Waals surface area contributed by atoms with E-state index in [-0.39, 0.29) is 11.0 Å². The average molecular weight is 432 g/mol. The Morgan fingerprint density at radius 1 is 1.17 bits per heavy atom. The number of anilines is 1. The number of aryl methyl sites for hydroxylation is 1. The van der Waals surface area contributed by atoms with E-state index < -0.39 is 11.9 Å². The number of hydrogen-bond donors (Lipinski definition) is 1. The van der Waals surface area contributed by atoms with Gasteiger partial charge in [0.05, 0.1) is 5.56 Å². The minimum absolute atomic E-state index is 0.200. The lowest BCUT2D eigenvalue weighted by molar-refractivity contribution is -0.140. The molecule has 0 aliphatic heterocycles. The molecule has 0 atom stereocenters. The van der Waals surface area contributed by atoms with Gasteiger partial charge in [-0.05, 0) is 36.0 Å². The standard InChI is InChI=1S/C21H17ClF3N5/c1-30-11-17(21(23,24)25)28-20(30)13-7-5-12(6-8-13)10-27-19-15-4-2-3-14(15)16(9-26)18(22)29-19/h5-8,11H,2-4,10H2,1H3,(H,27,29). The van der Waals surface area contributed by atoms with Gasteiger partial charge in [-0.25, -0.2) is 9.97 Å². The van der Waals surface area contributed by atoms with Crippen molar-refractivity contribution in [2.75, 3.05) is 5.32 Å². The molecule has 0 fully saturated rings. The van der Waals surface area contributed by atoms with Crippen molar-refractivity contribution in [1.29, 1.82) is 5.26 Å². The molecule has 4 rings (SSSR count). The molecule has 2 aromatic heterocycles. The topological polar surface area (TPSA) is 66.5 Å². The highest BCUT2D eigenvalue weighted by atomic mass is 35.5. The lowest BCUT2D eigenvalue weighted by Crippen LogP contribution is -2.06. The number of pyridine rings is 1. The zero-order valence-electron chi connectivity index (χ0n) is 16.0. The fourth-order valence-electron chi connectivity index (χ4n) is 3.72. The number of nitrogens with one attached hydrogen (secondary N) is 1. The van der Waals surface area contributed by atoms with Crippen molar-refractivity contribution in [3.63, 3.8) is 0 Å². The summed E-state index contributed by atoms with van der Waals surface area (Å²) in [7, 11) is 1.54. The lowest BCUT2D eigenvalue weighted by atomic mass is 10.1. The number of fused-ring (bicyclic) bond motifs is 1. The molecular weight excluding hydrogens is 415 g/mol. The third-order valence-corrected chi connectivity index (χ3v) is 5.45. The summed E-state index contributed by atoms with van der Waals surface area (Å²) < 4.78 is 40.0. The number of aromatic nitrogens is 3. The van der Waals surface area contributed by atoms with Crippen molar-refractivity contribution in [3.05, 3.63) is 63.6 Å². The highest BCUT2D eigenvalue weighted by molar-refractivity contribution is 6.30. The van der Waals surface area contributed by atoms with Crippen molar-refractivity contribution in [2.24, 2.45) is 7.05 Å². The van der Waals surface area contributed by atoms with Crippen LogP contribution in [0.2, 0.25) is 5.15 Å². The van der Waals surface area contributed by atoms with Gasteiger partial charge in [-0.15, -0.1) is 0 Å². The van der Waals surface area contributed by atoms with Crippen LogP contribution in [0.4, 0.5) is 19.0 Å². The summed E-state index contributed by atoms with van der Waals surface area (Å²) >= 11 is 6.17. The molecule has 0 unspecified atom stereocenters. The van der Waals surface area contributed by atoms with Crippen LogP contribution >= 0.6 is 11.6 Å². The molecule has 154 valence electrons. The van der Waals surface area contributed by atoms with Crippen molar-refractivity contribution in [2.45, 2.75) is 32.0 Å². The second-order valence-corrected chi connectivity index (χ2v) is 7.52. The molecule has 30 heavy (non-hydrogen) atoms. The number of alkyl halides is 3. The highest BCUT2D eigenvalue weighted by Gasteiger charge is 2.34. The van der Waals surface area contributed by atoms with E-state index >= 15 is 0 Å². The summed E-state index contributed by atoms with van der Waals surface area (Å²) in [4.78, 5) is 8.06. The predicted octanol–water partition coefficient (Wildman–Crippen LogP) is 5.13. The first kappa shape index (κ1) is 20.2. The first-order valence-electron chi connectivity index (χ1n) is 9.33. The van der Waals surface area contributed by atoms with E-state index in [0.29, 0.717) is 23.5 Å². The SMILES string of the molecule is Cn1cc(C(F)(F)F)nc1-c1ccc(CNc2nc(Cl)c(C#N)c3c2CCC3)cc1. The predicted molar refractivity (Wildman–Crippen MR) is 107 cm³/mol. The molecule has 1 N–H and O–H groups in total. The maximum absolute atomic E-state index is 12.9. The van der Waals surface area contributed by atoms with Gasteiger partial charge >= 0.3 is 6.18 Å². The van der Waals surface area contributed by atoms with Crippen molar-refractivity contribution in [3.8, 4) is 17.5 Å². The highest BCUT2D eigenvalue weighted by Crippen LogP contribution is 2.34. The Hall–Kier alpha value is -3.05. The summed E-state index contributed by atoms with van der Waals surface area (Å²) in [6.45, 7) is 0.469. The summed E-state index contributed by atoms with van der Waals surface area (Å²) in [6.07, 6.45) is -0.885. The fourth-order valence-corrected chi connectivity index (χ4v) is 3.96. The zero-order chi connectivity index (χ0) is 21.5. The molecule has 1 aromatic carbocycles. The van der Waals surface area contributed by atoms with Gasteiger partial charge in [-0.1, -0.05) is 35.9 Å². The summed E-state index contributed by atoms with van der Waals surface area (Å²) in [5.41, 5.74) is 3.05. The van der Waals surface area contributed by atoms with E-state index in [4.69, 9.17) is 11.6 Å². The van der Waals surface area contributed by atoms with Gasteiger partial charge < -0.3 is 9.88 Å². The van der Waals surface area contributed by atoms with E-state index in [1.807, 2.05) is 12.1 Å². The number of rotatable bonds is 4. The van der Waals surface area contributed by atoms with Crippen LogP contribution in [0.1, 0.15) is 34.4 Å². The van der Waals surface area contributed by atoms with Gasteiger partial charge in [0.25, 0.3) is 0 Å². The Balaban J connectivity index is 1.52. The van der Waals surface area contributed by atoms with Crippen LogP contribution in [0.3, 0.4) is 0 Å². The molecule has 9 heteroatoms. The van der Waals surface area contributed by atoms with Gasteiger partial charge in [0, 0.05) is 25.4 Å². The van der Waals surface area contributed by atoms with Crippen LogP contribution < -0.4 is 5.32 Å². The molecule has 3 aromatic rings. The third kappa shape index (κ3) is 3.73. The monoisotopic (exact) mass is 431 g/mol. The Morgan fingerprint density at radius 2 is 1.87 bits per heavy atom. The maximum atomic E-state index is 12.9. The van der Waals surface area contributed by atoms with E-state index in [9.17, 15) is 18.4 Å². The van der Waals surface area contributed by atoms with Gasteiger partial charge in [-0.2, -0.15) is 18.4 Å². The molecule has 1 aliphatic rings. The molecule has 0 saturated heterocycles. The summed E-state index contributed by atoms with van der Waals surface area (Å²) in [6, 6.07) is 9.27. The zero-order valence-corrected chi connectivity index (χ0v) is 16.8. The van der Waals surface area contributed by atoms with Crippen LogP contribution in [0.5, 0.6) is 0 Å². The number of nitriles is 1. The van der Waals surface area contributed by atoms with Gasteiger partial charge in [0.1, 0.15) is 22.9 Å². The van der Waals surface area contributed by atoms with Crippen LogP contribution in [-0.4, -0.2) is 14.5 Å². The molecule has 1 aliphatic carbocycles. The number of imidazole rings is 1. The lowest BCUT2D eigenvalue weighted by Gasteiger charge is -2.13. The molecule has 0 spiro atoms. The maximum Gasteiger partial charge on any atom is 0.434 e. The number of hydrogen-bond acceptors (Lipinski definition) is 4. The number of halogens is 4. The number of nitrogens with zero attached hydrogens (tertiary/aromatic N) is 4. The van der Waals surface area contributed by atoms with Gasteiger partial charge in [-0.3, -0.25) is 0 Å². The Bertz CT molecular complexity index is 1140. The molecular formula is C21H17ClF3N5. The average Bonchev–Trinajstić information content (AvgIpc) is 3.33. The molecule has 0 radical (unpaired) electrons. The van der Waals surface area contributed by atoms with Crippen molar-refractivity contribution in [1.82, 2.24) is 14.5 Å². The van der Waals surface area contributed by atoms with Crippen LogP contribution in [0, 0.1) is 11.3 Å². The summed E-state index contributed by atoms with van der Waals surface area (Å²) in [5, 5.41) is 12.8. The van der Waals surface area contributed by atoms with E-state index in [1.54, 1.807) is 12.1 Å². The van der Waals surface area contributed by atoms with Crippen molar-refractivity contribution < 1.29 is 13.2 Å². The first-order valence-corrected chi connectivity index (χ1v) is 9.71. The third-order valence-electron chi connectivity index (χ3n) is 5.17. The minimum atomic E-state index is -4.48. The number of benzene rings is 1. The summed E-state index contributed by atoms with van der Waals surface area (Å²) in [5.74, 6) is 0.926. The normalized spacial score (nSPS) is 13.2. The van der Waals surface area contributed by atoms with E-state index in [1.165, 1.54) is 11.6 Å². The van der Waals surface area contributed by atoms with E-state index in [2.05, 4.69) is 21.4 Å². The Morgan fingerprint density at radius 3 is 2.50 bits per heavy atom. The van der Waals surface area contributed by atoms with Gasteiger partial charge in [0.15, 0.2) is 5.69 Å².